The Labute approximate surface area is 94.5 Å². The molecule has 0 aliphatic carbocycles. The van der Waals surface area contributed by atoms with Crippen LogP contribution in [0.15, 0.2) is 24.3 Å². The van der Waals surface area contributed by atoms with Crippen LogP contribution in [0.3, 0.4) is 0 Å². The van der Waals surface area contributed by atoms with Gasteiger partial charge in [-0.25, -0.2) is 4.98 Å². The molecule has 2 nitrogen and oxygen atoms in total. The highest BCUT2D eigenvalue weighted by molar-refractivity contribution is 6.29. The summed E-state index contributed by atoms with van der Waals surface area (Å²) in [5.41, 5.74) is 3.46. The highest BCUT2D eigenvalue weighted by atomic mass is 35.5. The maximum absolute atomic E-state index is 5.95. The maximum Gasteiger partial charge on any atom is 0.139 e. The third-order valence-corrected chi connectivity index (χ3v) is 2.62. The van der Waals surface area contributed by atoms with E-state index in [0.717, 1.165) is 11.4 Å². The van der Waals surface area contributed by atoms with E-state index in [1.165, 1.54) is 11.4 Å². The van der Waals surface area contributed by atoms with E-state index in [-0.39, 0.29) is 0 Å². The van der Waals surface area contributed by atoms with E-state index in [1.54, 1.807) is 0 Å². The first-order valence-corrected chi connectivity index (χ1v) is 5.25. The minimum atomic E-state index is 0.539. The first-order valence-electron chi connectivity index (χ1n) is 4.87. The first kappa shape index (κ1) is 10.2. The quantitative estimate of drug-likeness (QED) is 0.674. The van der Waals surface area contributed by atoms with Crippen LogP contribution in [0.4, 0.5) is 0 Å². The van der Waals surface area contributed by atoms with Gasteiger partial charge in [0.2, 0.25) is 0 Å². The normalized spacial score (nSPS) is 10.7. The van der Waals surface area contributed by atoms with Crippen molar-refractivity contribution in [1.29, 1.82) is 0 Å². The number of pyridine rings is 1. The standard InChI is InChI=1S/C12H13ClN2/c1-8-6-11(13)14-12(7-8)15-9(2)4-5-10(15)3/h4-7H,1-3H3. The second-order valence-electron chi connectivity index (χ2n) is 3.78. The number of aryl methyl sites for hydroxylation is 3. The zero-order chi connectivity index (χ0) is 11.0. The molecule has 2 rings (SSSR count). The van der Waals surface area contributed by atoms with Gasteiger partial charge in [-0.05, 0) is 50.6 Å². The fraction of sp³-hybridized carbons (Fsp3) is 0.250. The molecule has 0 aromatic carbocycles. The summed E-state index contributed by atoms with van der Waals surface area (Å²) in [5.74, 6) is 0.889. The summed E-state index contributed by atoms with van der Waals surface area (Å²) in [6.07, 6.45) is 0. The predicted molar refractivity (Wildman–Crippen MR) is 62.8 cm³/mol. The van der Waals surface area contributed by atoms with Gasteiger partial charge >= 0.3 is 0 Å². The number of hydrogen-bond acceptors (Lipinski definition) is 1. The zero-order valence-electron chi connectivity index (χ0n) is 9.08. The molecular weight excluding hydrogens is 208 g/mol. The molecule has 2 aromatic heterocycles. The van der Waals surface area contributed by atoms with Crippen molar-refractivity contribution in [3.8, 4) is 5.82 Å². The summed E-state index contributed by atoms with van der Waals surface area (Å²) < 4.78 is 2.10. The zero-order valence-corrected chi connectivity index (χ0v) is 9.84. The molecule has 0 fully saturated rings. The molecule has 0 unspecified atom stereocenters. The fourth-order valence-electron chi connectivity index (χ4n) is 1.75. The van der Waals surface area contributed by atoms with Gasteiger partial charge in [-0.3, -0.25) is 0 Å². The van der Waals surface area contributed by atoms with Crippen molar-refractivity contribution >= 4 is 11.6 Å². The SMILES string of the molecule is Cc1cc(Cl)nc(-n2c(C)ccc2C)c1. The van der Waals surface area contributed by atoms with Crippen molar-refractivity contribution in [2.45, 2.75) is 20.8 Å². The molecule has 3 heteroatoms. The van der Waals surface area contributed by atoms with Gasteiger partial charge in [0.1, 0.15) is 11.0 Å². The molecule has 0 aliphatic heterocycles. The molecule has 0 amide bonds. The Kier molecular flexibility index (Phi) is 2.53. The number of rotatable bonds is 1. The minimum absolute atomic E-state index is 0.539. The lowest BCUT2D eigenvalue weighted by Gasteiger charge is -2.09. The van der Waals surface area contributed by atoms with Gasteiger partial charge < -0.3 is 4.57 Å². The van der Waals surface area contributed by atoms with Gasteiger partial charge in [-0.1, -0.05) is 11.6 Å². The Morgan fingerprint density at radius 1 is 1.07 bits per heavy atom. The Morgan fingerprint density at radius 3 is 2.20 bits per heavy atom. The third kappa shape index (κ3) is 1.90. The summed E-state index contributed by atoms with van der Waals surface area (Å²) in [6.45, 7) is 6.14. The maximum atomic E-state index is 5.95. The number of halogens is 1. The minimum Gasteiger partial charge on any atom is -0.303 e. The molecule has 0 N–H and O–H groups in total. The highest BCUT2D eigenvalue weighted by Crippen LogP contribution is 2.18. The molecular formula is C12H13ClN2. The number of hydrogen-bond donors (Lipinski definition) is 0. The molecule has 0 spiro atoms. The van der Waals surface area contributed by atoms with E-state index in [0.29, 0.717) is 5.15 Å². The topological polar surface area (TPSA) is 17.8 Å². The van der Waals surface area contributed by atoms with E-state index < -0.39 is 0 Å². The molecule has 0 saturated heterocycles. The van der Waals surface area contributed by atoms with Crippen molar-refractivity contribution in [3.05, 3.63) is 46.4 Å². The summed E-state index contributed by atoms with van der Waals surface area (Å²) >= 11 is 5.95. The Bertz CT molecular complexity index is 461. The van der Waals surface area contributed by atoms with Crippen LogP contribution in [0.2, 0.25) is 5.15 Å². The van der Waals surface area contributed by atoms with Crippen LogP contribution in [-0.4, -0.2) is 9.55 Å². The molecule has 0 aliphatic rings. The average molecular weight is 221 g/mol. The van der Waals surface area contributed by atoms with Gasteiger partial charge in [0.05, 0.1) is 0 Å². The lowest BCUT2D eigenvalue weighted by molar-refractivity contribution is 0.919. The molecule has 0 radical (unpaired) electrons. The molecule has 0 saturated carbocycles. The monoisotopic (exact) mass is 220 g/mol. The van der Waals surface area contributed by atoms with Gasteiger partial charge in [0.15, 0.2) is 0 Å². The van der Waals surface area contributed by atoms with Crippen molar-refractivity contribution in [1.82, 2.24) is 9.55 Å². The van der Waals surface area contributed by atoms with Crippen LogP contribution in [0.1, 0.15) is 17.0 Å². The molecule has 0 bridgehead atoms. The van der Waals surface area contributed by atoms with Gasteiger partial charge in [0.25, 0.3) is 0 Å². The first-order chi connectivity index (χ1) is 7.08. The Morgan fingerprint density at radius 2 is 1.67 bits per heavy atom. The van der Waals surface area contributed by atoms with E-state index in [4.69, 9.17) is 11.6 Å². The average Bonchev–Trinajstić information content (AvgIpc) is 2.44. The second-order valence-corrected chi connectivity index (χ2v) is 4.16. The summed E-state index contributed by atoms with van der Waals surface area (Å²) in [7, 11) is 0. The highest BCUT2D eigenvalue weighted by Gasteiger charge is 2.06. The molecule has 2 heterocycles. The largest absolute Gasteiger partial charge is 0.303 e. The molecule has 0 atom stereocenters. The lowest BCUT2D eigenvalue weighted by Crippen LogP contribution is -2.02. The molecule has 78 valence electrons. The van der Waals surface area contributed by atoms with Crippen LogP contribution < -0.4 is 0 Å². The Balaban J connectivity index is 2.63. The Hall–Kier alpha value is -1.28. The molecule has 15 heavy (non-hydrogen) atoms. The summed E-state index contributed by atoms with van der Waals surface area (Å²) in [6, 6.07) is 8.05. The van der Waals surface area contributed by atoms with Crippen LogP contribution in [0.25, 0.3) is 5.82 Å². The lowest BCUT2D eigenvalue weighted by atomic mass is 10.3. The van der Waals surface area contributed by atoms with E-state index in [2.05, 4.69) is 35.5 Å². The fourth-order valence-corrected chi connectivity index (χ4v) is 2.01. The second kappa shape index (κ2) is 3.70. The van der Waals surface area contributed by atoms with E-state index >= 15 is 0 Å². The van der Waals surface area contributed by atoms with E-state index in [1.807, 2.05) is 19.1 Å². The van der Waals surface area contributed by atoms with Crippen LogP contribution >= 0.6 is 11.6 Å². The number of aromatic nitrogens is 2. The predicted octanol–water partition coefficient (Wildman–Crippen LogP) is 3.45. The summed E-state index contributed by atoms with van der Waals surface area (Å²) in [4.78, 5) is 4.33. The number of nitrogens with zero attached hydrogens (tertiary/aromatic N) is 2. The van der Waals surface area contributed by atoms with Gasteiger partial charge in [-0.15, -0.1) is 0 Å². The van der Waals surface area contributed by atoms with Crippen molar-refractivity contribution < 1.29 is 0 Å². The van der Waals surface area contributed by atoms with Crippen molar-refractivity contribution in [3.63, 3.8) is 0 Å². The smallest absolute Gasteiger partial charge is 0.139 e. The van der Waals surface area contributed by atoms with Crippen LogP contribution in [0, 0.1) is 20.8 Å². The van der Waals surface area contributed by atoms with Crippen LogP contribution in [0.5, 0.6) is 0 Å². The third-order valence-electron chi connectivity index (χ3n) is 2.43. The van der Waals surface area contributed by atoms with Gasteiger partial charge in [-0.2, -0.15) is 0 Å². The molecule has 2 aromatic rings. The van der Waals surface area contributed by atoms with Crippen molar-refractivity contribution in [2.75, 3.05) is 0 Å². The van der Waals surface area contributed by atoms with E-state index in [9.17, 15) is 0 Å². The summed E-state index contributed by atoms with van der Waals surface area (Å²) in [5, 5.41) is 0.539. The van der Waals surface area contributed by atoms with Crippen LogP contribution in [-0.2, 0) is 0 Å². The van der Waals surface area contributed by atoms with Crippen molar-refractivity contribution in [2.24, 2.45) is 0 Å². The van der Waals surface area contributed by atoms with Gasteiger partial charge in [0, 0.05) is 11.4 Å².